The molecule has 1 N–H and O–H groups in total. The summed E-state index contributed by atoms with van der Waals surface area (Å²) in [5, 5.41) is 14.3. The number of benzene rings is 2. The number of nitrogens with one attached hydrogen (secondary N) is 1. The summed E-state index contributed by atoms with van der Waals surface area (Å²) in [5.74, 6) is 0.127. The van der Waals surface area contributed by atoms with Crippen LogP contribution >= 0.6 is 0 Å². The van der Waals surface area contributed by atoms with E-state index in [2.05, 4.69) is 10.3 Å². The number of nitrogens with zero attached hydrogens (tertiary/aromatic N) is 2. The minimum atomic E-state index is -0.639. The number of carbonyl (C=O) groups excluding carboxylic acids is 1. The molecule has 0 aliphatic carbocycles. The Morgan fingerprint density at radius 3 is 2.50 bits per heavy atom. The van der Waals surface area contributed by atoms with Crippen molar-refractivity contribution in [3.63, 3.8) is 0 Å². The van der Waals surface area contributed by atoms with E-state index in [1.807, 2.05) is 30.3 Å². The maximum atomic E-state index is 12.8. The van der Waals surface area contributed by atoms with E-state index >= 15 is 0 Å². The van der Waals surface area contributed by atoms with Gasteiger partial charge < -0.3 is 24.3 Å². The Balaban J connectivity index is 1.69. The van der Waals surface area contributed by atoms with Crippen molar-refractivity contribution >= 4 is 11.6 Å². The molecular formula is C24H25N3O7. The lowest BCUT2D eigenvalue weighted by molar-refractivity contribution is -0.385. The van der Waals surface area contributed by atoms with Crippen LogP contribution in [0.4, 0.5) is 5.69 Å². The molecule has 2 aromatic carbocycles. The second-order valence-corrected chi connectivity index (χ2v) is 7.08. The van der Waals surface area contributed by atoms with E-state index < -0.39 is 16.5 Å². The normalized spacial score (nSPS) is 10.4. The van der Waals surface area contributed by atoms with Gasteiger partial charge in [0.25, 0.3) is 11.6 Å². The fourth-order valence-electron chi connectivity index (χ4n) is 3.04. The predicted octanol–water partition coefficient (Wildman–Crippen LogP) is 3.53. The lowest BCUT2D eigenvalue weighted by atomic mass is 10.1. The van der Waals surface area contributed by atoms with E-state index in [1.54, 1.807) is 18.3 Å². The van der Waals surface area contributed by atoms with Crippen LogP contribution in [-0.4, -0.2) is 43.2 Å². The summed E-state index contributed by atoms with van der Waals surface area (Å²) in [6, 6.07) is 15.5. The molecule has 1 aromatic heterocycles. The highest BCUT2D eigenvalue weighted by Gasteiger charge is 2.24. The first-order chi connectivity index (χ1) is 16.5. The summed E-state index contributed by atoms with van der Waals surface area (Å²) in [6.45, 7) is 0.942. The molecule has 0 fully saturated rings. The van der Waals surface area contributed by atoms with Gasteiger partial charge in [-0.15, -0.1) is 0 Å². The summed E-state index contributed by atoms with van der Waals surface area (Å²) in [5.41, 5.74) is 1.18. The quantitative estimate of drug-likeness (QED) is 0.244. The van der Waals surface area contributed by atoms with Crippen LogP contribution < -0.4 is 19.5 Å². The lowest BCUT2D eigenvalue weighted by Gasteiger charge is -2.13. The molecule has 1 amide bonds. The van der Waals surface area contributed by atoms with Gasteiger partial charge in [0.1, 0.15) is 18.8 Å². The molecule has 10 nitrogen and oxygen atoms in total. The van der Waals surface area contributed by atoms with E-state index in [0.717, 1.165) is 11.1 Å². The zero-order valence-electron chi connectivity index (χ0n) is 18.9. The molecule has 0 atom stereocenters. The first kappa shape index (κ1) is 24.5. The smallest absolute Gasteiger partial charge is 0.286 e. The average molecular weight is 467 g/mol. The lowest BCUT2D eigenvalue weighted by Crippen LogP contribution is -2.24. The predicted molar refractivity (Wildman–Crippen MR) is 123 cm³/mol. The van der Waals surface area contributed by atoms with E-state index in [0.29, 0.717) is 19.1 Å². The monoisotopic (exact) mass is 467 g/mol. The number of ether oxygens (including phenoxy) is 4. The maximum Gasteiger partial charge on any atom is 0.286 e. The van der Waals surface area contributed by atoms with Gasteiger partial charge in [-0.25, -0.2) is 4.98 Å². The van der Waals surface area contributed by atoms with Gasteiger partial charge in [0.15, 0.2) is 11.5 Å². The SMILES string of the molecule is COCCOc1cc([N+](=O)[O-])c(C(=O)NCc2ccnc(OCc3ccccc3)c2)cc1OC. The third-order valence-electron chi connectivity index (χ3n) is 4.75. The average Bonchev–Trinajstić information content (AvgIpc) is 2.86. The van der Waals surface area contributed by atoms with Crippen molar-refractivity contribution in [2.45, 2.75) is 13.2 Å². The largest absolute Gasteiger partial charge is 0.493 e. The van der Waals surface area contributed by atoms with Gasteiger partial charge in [-0.2, -0.15) is 0 Å². The van der Waals surface area contributed by atoms with Gasteiger partial charge in [0.2, 0.25) is 5.88 Å². The van der Waals surface area contributed by atoms with Gasteiger partial charge in [0.05, 0.1) is 24.7 Å². The molecule has 0 radical (unpaired) electrons. The number of hydrogen-bond acceptors (Lipinski definition) is 8. The summed E-state index contributed by atoms with van der Waals surface area (Å²) in [7, 11) is 2.90. The first-order valence-electron chi connectivity index (χ1n) is 10.4. The molecule has 0 bridgehead atoms. The Bertz CT molecular complexity index is 1120. The number of methoxy groups -OCH3 is 2. The van der Waals surface area contributed by atoms with Gasteiger partial charge in [-0.3, -0.25) is 14.9 Å². The zero-order valence-corrected chi connectivity index (χ0v) is 18.9. The van der Waals surface area contributed by atoms with Crippen molar-refractivity contribution in [1.29, 1.82) is 0 Å². The Morgan fingerprint density at radius 1 is 1.00 bits per heavy atom. The molecule has 1 heterocycles. The molecule has 0 unspecified atom stereocenters. The Kier molecular flexibility index (Phi) is 8.75. The molecule has 0 aliphatic rings. The molecule has 178 valence electrons. The van der Waals surface area contributed by atoms with Crippen LogP contribution in [0.5, 0.6) is 17.4 Å². The molecule has 10 heteroatoms. The molecule has 3 aromatic rings. The number of nitro groups is 1. The maximum absolute atomic E-state index is 12.8. The van der Waals surface area contributed by atoms with Crippen molar-refractivity contribution in [2.24, 2.45) is 0 Å². The minimum Gasteiger partial charge on any atom is -0.493 e. The van der Waals surface area contributed by atoms with Gasteiger partial charge in [0, 0.05) is 32.0 Å². The first-order valence-corrected chi connectivity index (χ1v) is 10.4. The van der Waals surface area contributed by atoms with Gasteiger partial charge in [-0.05, 0) is 17.2 Å². The van der Waals surface area contributed by atoms with Crippen LogP contribution in [0.1, 0.15) is 21.5 Å². The third-order valence-corrected chi connectivity index (χ3v) is 4.75. The summed E-state index contributed by atoms with van der Waals surface area (Å²) in [4.78, 5) is 27.9. The second-order valence-electron chi connectivity index (χ2n) is 7.08. The highest BCUT2D eigenvalue weighted by Crippen LogP contribution is 2.34. The van der Waals surface area contributed by atoms with Crippen molar-refractivity contribution in [3.05, 3.63) is 87.6 Å². The van der Waals surface area contributed by atoms with Crippen molar-refractivity contribution in [3.8, 4) is 17.4 Å². The number of amides is 1. The zero-order chi connectivity index (χ0) is 24.3. The fourth-order valence-corrected chi connectivity index (χ4v) is 3.04. The molecular weight excluding hydrogens is 442 g/mol. The molecule has 0 spiro atoms. The van der Waals surface area contributed by atoms with Crippen LogP contribution in [0.25, 0.3) is 0 Å². The van der Waals surface area contributed by atoms with Crippen LogP contribution in [0, 0.1) is 10.1 Å². The number of rotatable bonds is 12. The molecule has 0 aliphatic heterocycles. The van der Waals surface area contributed by atoms with E-state index in [9.17, 15) is 14.9 Å². The molecule has 0 saturated carbocycles. The van der Waals surface area contributed by atoms with Crippen LogP contribution in [-0.2, 0) is 17.9 Å². The number of hydrogen-bond donors (Lipinski definition) is 1. The van der Waals surface area contributed by atoms with Crippen LogP contribution in [0.2, 0.25) is 0 Å². The Morgan fingerprint density at radius 2 is 1.79 bits per heavy atom. The summed E-state index contributed by atoms with van der Waals surface area (Å²) in [6.07, 6.45) is 1.57. The van der Waals surface area contributed by atoms with E-state index in [4.69, 9.17) is 18.9 Å². The summed E-state index contributed by atoms with van der Waals surface area (Å²) < 4.78 is 21.4. The highest BCUT2D eigenvalue weighted by atomic mass is 16.6. The molecule has 3 rings (SSSR count). The van der Waals surface area contributed by atoms with Crippen molar-refractivity contribution in [1.82, 2.24) is 10.3 Å². The fraction of sp³-hybridized carbons (Fsp3) is 0.250. The molecule has 34 heavy (non-hydrogen) atoms. The van der Waals surface area contributed by atoms with Gasteiger partial charge in [-0.1, -0.05) is 30.3 Å². The van der Waals surface area contributed by atoms with Crippen LogP contribution in [0.15, 0.2) is 60.8 Å². The van der Waals surface area contributed by atoms with Crippen molar-refractivity contribution in [2.75, 3.05) is 27.4 Å². The van der Waals surface area contributed by atoms with Crippen LogP contribution in [0.3, 0.4) is 0 Å². The number of carbonyl (C=O) groups is 1. The third kappa shape index (κ3) is 6.66. The highest BCUT2D eigenvalue weighted by molar-refractivity contribution is 5.99. The molecule has 0 saturated heterocycles. The topological polar surface area (TPSA) is 122 Å². The van der Waals surface area contributed by atoms with Crippen molar-refractivity contribution < 1.29 is 28.7 Å². The Hall–Kier alpha value is -4.18. The number of aromatic nitrogens is 1. The number of pyridine rings is 1. The standard InChI is InChI=1S/C24H25N3O7/c1-31-10-11-33-22-14-20(27(29)30)19(13-21(22)32-2)24(28)26-15-18-8-9-25-23(12-18)34-16-17-6-4-3-5-7-17/h3-9,12-14H,10-11,15-16H2,1-2H3,(H,26,28). The van der Waals surface area contributed by atoms with Gasteiger partial charge >= 0.3 is 0 Å². The van der Waals surface area contributed by atoms with E-state index in [-0.39, 0.29) is 30.2 Å². The number of nitro benzene ring substituents is 1. The minimum absolute atomic E-state index is 0.120. The van der Waals surface area contributed by atoms with E-state index in [1.165, 1.54) is 26.4 Å². The second kappa shape index (κ2) is 12.2. The summed E-state index contributed by atoms with van der Waals surface area (Å²) >= 11 is 0. The Labute approximate surface area is 196 Å².